The molecule has 0 bridgehead atoms. The molecule has 0 spiro atoms. The molecule has 2 aromatic heterocycles. The van der Waals surface area contributed by atoms with E-state index in [9.17, 15) is 9.90 Å². The van der Waals surface area contributed by atoms with Crippen molar-refractivity contribution >= 4 is 16.8 Å². The second kappa shape index (κ2) is 10.6. The van der Waals surface area contributed by atoms with Crippen molar-refractivity contribution in [1.29, 1.82) is 0 Å². The van der Waals surface area contributed by atoms with Gasteiger partial charge in [-0.2, -0.15) is 0 Å². The number of benzene rings is 2. The average molecular weight is 483 g/mol. The largest absolute Gasteiger partial charge is 0.476 e. The predicted molar refractivity (Wildman–Crippen MR) is 135 cm³/mol. The predicted octanol–water partition coefficient (Wildman–Crippen LogP) is 3.80. The number of fused-ring (bicyclic) bond motifs is 1. The minimum Gasteiger partial charge on any atom is -0.476 e. The number of hydrogen-bond acceptors (Lipinski definition) is 6. The Kier molecular flexibility index (Phi) is 7.33. The summed E-state index contributed by atoms with van der Waals surface area (Å²) in [4.78, 5) is 18.4. The molecule has 0 saturated heterocycles. The van der Waals surface area contributed by atoms with Gasteiger partial charge in [0.15, 0.2) is 5.88 Å². The highest BCUT2D eigenvalue weighted by molar-refractivity contribution is 5.92. The number of primary amides is 1. The van der Waals surface area contributed by atoms with Crippen molar-refractivity contribution in [3.05, 3.63) is 84.1 Å². The van der Waals surface area contributed by atoms with Crippen LogP contribution in [0, 0.1) is 0 Å². The lowest BCUT2D eigenvalue weighted by atomic mass is 9.94. The molecule has 4 rings (SSSR count). The van der Waals surface area contributed by atoms with Crippen LogP contribution in [0.5, 0.6) is 17.5 Å². The van der Waals surface area contributed by atoms with Crippen LogP contribution in [0.15, 0.2) is 72.9 Å². The van der Waals surface area contributed by atoms with Gasteiger partial charge in [-0.25, -0.2) is 4.98 Å². The van der Waals surface area contributed by atoms with E-state index in [4.69, 9.17) is 15.2 Å². The normalized spacial score (nSPS) is 12.4. The Morgan fingerprint density at radius 3 is 2.74 bits per heavy atom. The molecule has 4 aromatic rings. The van der Waals surface area contributed by atoms with Crippen molar-refractivity contribution in [2.75, 3.05) is 13.2 Å². The minimum absolute atomic E-state index is 0.191. The Bertz CT molecular complexity index is 1230. The number of β-amino-alcohol motifs (C(OH)–C–C–N with tert-alkyl or cyclic N) is 1. The summed E-state index contributed by atoms with van der Waals surface area (Å²) in [7, 11) is 0. The van der Waals surface area contributed by atoms with Crippen LogP contribution >= 0.6 is 0 Å². The maximum Gasteiger partial charge on any atom is 0.250 e. The molecule has 0 radical (unpaired) electrons. The first kappa shape index (κ1) is 24.3. The number of aromatic nitrogens is 2. The van der Waals surface area contributed by atoms with E-state index in [1.165, 1.54) is 6.20 Å². The number of pyridine rings is 1. The van der Waals surface area contributed by atoms with Gasteiger partial charge in [-0.15, -0.1) is 0 Å². The van der Waals surface area contributed by atoms with Gasteiger partial charge in [-0.3, -0.25) is 4.79 Å². The van der Waals surface area contributed by atoms with Crippen molar-refractivity contribution in [1.82, 2.24) is 15.3 Å². The summed E-state index contributed by atoms with van der Waals surface area (Å²) in [5, 5.41) is 14.9. The van der Waals surface area contributed by atoms with E-state index < -0.39 is 12.0 Å². The quantitative estimate of drug-likeness (QED) is 0.258. The Morgan fingerprint density at radius 1 is 1.26 bits per heavy atom. The van der Waals surface area contributed by atoms with Crippen LogP contribution in [0.25, 0.3) is 10.9 Å². The van der Waals surface area contributed by atoms with E-state index in [0.29, 0.717) is 29.6 Å². The van der Waals surface area contributed by atoms with Crippen molar-refractivity contribution in [3.8, 4) is 17.5 Å². The maximum atomic E-state index is 11.1. The molecular formula is C27H30N4O4. The minimum atomic E-state index is -0.648. The number of aliphatic hydroxyl groups is 1. The molecule has 0 aliphatic rings. The Morgan fingerprint density at radius 2 is 2.06 bits per heavy atom. The first-order chi connectivity index (χ1) is 16.8. The number of aromatic amines is 1. The molecule has 182 valence electrons. The van der Waals surface area contributed by atoms with Crippen molar-refractivity contribution in [2.45, 2.75) is 31.9 Å². The molecule has 0 aliphatic heterocycles. The number of H-pyrrole nitrogens is 1. The number of para-hydroxylation sites is 1. The molecule has 0 fully saturated rings. The highest BCUT2D eigenvalue weighted by atomic mass is 16.7. The van der Waals surface area contributed by atoms with Gasteiger partial charge in [0.25, 0.3) is 0 Å². The first-order valence-electron chi connectivity index (χ1n) is 11.4. The Labute approximate surface area is 204 Å². The van der Waals surface area contributed by atoms with Crippen LogP contribution in [-0.2, 0) is 6.42 Å². The Hall–Kier alpha value is -3.88. The number of nitrogens with zero attached hydrogens (tertiary/aromatic N) is 1. The van der Waals surface area contributed by atoms with Crippen LogP contribution in [-0.4, -0.2) is 45.8 Å². The zero-order chi connectivity index (χ0) is 24.8. The summed E-state index contributed by atoms with van der Waals surface area (Å²) in [5.74, 6) is 1.14. The lowest BCUT2D eigenvalue weighted by Gasteiger charge is -2.28. The fourth-order valence-electron chi connectivity index (χ4n) is 3.72. The second-order valence-electron chi connectivity index (χ2n) is 9.12. The van der Waals surface area contributed by atoms with Gasteiger partial charge in [-0.1, -0.05) is 30.3 Å². The van der Waals surface area contributed by atoms with Gasteiger partial charge < -0.3 is 30.6 Å². The highest BCUT2D eigenvalue weighted by Crippen LogP contribution is 2.22. The van der Waals surface area contributed by atoms with Crippen LogP contribution in [0.3, 0.4) is 0 Å². The lowest BCUT2D eigenvalue weighted by Crippen LogP contribution is -2.46. The van der Waals surface area contributed by atoms with Crippen molar-refractivity contribution in [2.24, 2.45) is 5.73 Å². The molecule has 35 heavy (non-hydrogen) atoms. The number of aliphatic hydroxyl groups excluding tert-OH is 1. The molecule has 2 heterocycles. The summed E-state index contributed by atoms with van der Waals surface area (Å²) in [6, 6.07) is 20.8. The third-order valence-corrected chi connectivity index (χ3v) is 5.57. The first-order valence-corrected chi connectivity index (χ1v) is 11.4. The molecule has 1 amide bonds. The van der Waals surface area contributed by atoms with Gasteiger partial charge in [0.1, 0.15) is 18.5 Å². The topological polar surface area (TPSA) is 122 Å². The van der Waals surface area contributed by atoms with Crippen LogP contribution in [0.1, 0.15) is 29.8 Å². The molecule has 0 saturated carbocycles. The molecule has 0 unspecified atom stereocenters. The van der Waals surface area contributed by atoms with Crippen molar-refractivity contribution < 1.29 is 19.4 Å². The number of nitrogens with two attached hydrogens (primary N) is 1. The molecule has 8 heteroatoms. The van der Waals surface area contributed by atoms with E-state index in [2.05, 4.69) is 29.1 Å². The number of ether oxygens (including phenoxy) is 2. The molecule has 1 atom stereocenters. The van der Waals surface area contributed by atoms with Gasteiger partial charge >= 0.3 is 0 Å². The lowest BCUT2D eigenvalue weighted by molar-refractivity contribution is 0.0970. The number of amides is 1. The summed E-state index contributed by atoms with van der Waals surface area (Å²) in [6.45, 7) is 4.78. The molecule has 5 N–H and O–H groups in total. The smallest absolute Gasteiger partial charge is 0.250 e. The van der Waals surface area contributed by atoms with E-state index in [-0.39, 0.29) is 12.1 Å². The van der Waals surface area contributed by atoms with Gasteiger partial charge in [0.05, 0.1) is 5.56 Å². The SMILES string of the molecule is CC(C)(Cc1ccc(Oc2ccc(C(N)=O)cn2)cc1)NC[C@H](O)CO[14c]1[14cH][14c]2[14cH]cccc2[nH]1. The summed E-state index contributed by atoms with van der Waals surface area (Å²) >= 11 is 0. The van der Waals surface area contributed by atoms with Crippen molar-refractivity contribution in [3.63, 3.8) is 0 Å². The zero-order valence-corrected chi connectivity index (χ0v) is 19.8. The number of rotatable bonds is 11. The monoisotopic (exact) mass is 482 g/mol. The van der Waals surface area contributed by atoms with Gasteiger partial charge in [-0.05, 0) is 50.1 Å². The maximum absolute atomic E-state index is 11.1. The van der Waals surface area contributed by atoms with Gasteiger partial charge in [0.2, 0.25) is 11.8 Å². The van der Waals surface area contributed by atoms with E-state index >= 15 is 0 Å². The van der Waals surface area contributed by atoms with Crippen LogP contribution in [0.2, 0.25) is 0 Å². The standard InChI is InChI=1S/C27H30N4O4/c1-27(2,30-16-21(32)17-34-25-13-19-5-3-4-6-23(19)31-25)14-18-7-10-22(11-8-18)35-24-12-9-20(15-29-24)26(28)33/h3-13,15,21,30-32H,14,16-17H2,1-2H3,(H2,28,33)/t21-/m0/s1/i5+2,13+2,19+2,25+2. The fourth-order valence-corrected chi connectivity index (χ4v) is 3.72. The molecular weight excluding hydrogens is 452 g/mol. The Balaban J connectivity index is 1.23. The molecule has 0 aliphatic carbocycles. The fraction of sp³-hybridized carbons (Fsp3) is 0.259. The van der Waals surface area contributed by atoms with E-state index in [1.807, 2.05) is 54.6 Å². The van der Waals surface area contributed by atoms with Gasteiger partial charge in [0, 0.05) is 41.3 Å². The second-order valence-corrected chi connectivity index (χ2v) is 9.12. The highest BCUT2D eigenvalue weighted by Gasteiger charge is 2.20. The summed E-state index contributed by atoms with van der Waals surface area (Å²) in [5.41, 5.74) is 7.44. The number of carbonyl (C=O) groups excluding carboxylic acids is 1. The summed E-state index contributed by atoms with van der Waals surface area (Å²) in [6.07, 6.45) is 1.50. The third-order valence-electron chi connectivity index (χ3n) is 5.57. The zero-order valence-electron chi connectivity index (χ0n) is 19.8. The molecule has 2 aromatic carbocycles. The average Bonchev–Trinajstić information content (AvgIpc) is 3.26. The van der Waals surface area contributed by atoms with Crippen LogP contribution in [0.4, 0.5) is 0 Å². The number of hydrogen-bond donors (Lipinski definition) is 4. The summed E-state index contributed by atoms with van der Waals surface area (Å²) < 4.78 is 11.5. The molecule has 8 nitrogen and oxygen atoms in total. The van der Waals surface area contributed by atoms with Crippen LogP contribution < -0.4 is 20.5 Å². The number of nitrogens with one attached hydrogen (secondary N) is 2. The van der Waals surface area contributed by atoms with E-state index in [0.717, 1.165) is 22.9 Å². The number of carbonyl (C=O) groups is 1. The third kappa shape index (κ3) is 6.81. The van der Waals surface area contributed by atoms with E-state index in [1.54, 1.807) is 12.1 Å².